The molecule has 2 amide bonds. The maximum Gasteiger partial charge on any atom is 0.243 e. The highest BCUT2D eigenvalue weighted by atomic mass is 32.2. The lowest BCUT2D eigenvalue weighted by Gasteiger charge is -2.40. The van der Waals surface area contributed by atoms with Gasteiger partial charge in [0.25, 0.3) is 0 Å². The number of piperazine rings is 1. The van der Waals surface area contributed by atoms with Crippen molar-refractivity contribution in [3.63, 3.8) is 0 Å². The molecular formula is C14H25N3O4S. The number of piperidine rings is 1. The molecule has 2 rings (SSSR count). The van der Waals surface area contributed by atoms with Gasteiger partial charge in [-0.05, 0) is 18.8 Å². The van der Waals surface area contributed by atoms with E-state index in [-0.39, 0.29) is 23.7 Å². The maximum absolute atomic E-state index is 12.7. The van der Waals surface area contributed by atoms with Gasteiger partial charge in [0.05, 0.1) is 6.26 Å². The molecule has 0 aromatic heterocycles. The Morgan fingerprint density at radius 3 is 2.32 bits per heavy atom. The highest BCUT2D eigenvalue weighted by molar-refractivity contribution is 7.88. The summed E-state index contributed by atoms with van der Waals surface area (Å²) in [6.45, 7) is 5.63. The summed E-state index contributed by atoms with van der Waals surface area (Å²) in [6, 6.07) is -0.422. The summed E-state index contributed by atoms with van der Waals surface area (Å²) >= 11 is 0. The molecule has 0 aromatic carbocycles. The SMILES string of the molecule is CC(C)C1C(=O)NCCN1C(=O)C1CCN(S(C)(=O)=O)CC1. The first kappa shape index (κ1) is 17.2. The van der Waals surface area contributed by atoms with Gasteiger partial charge in [-0.1, -0.05) is 13.8 Å². The number of nitrogens with zero attached hydrogens (tertiary/aromatic N) is 2. The van der Waals surface area contributed by atoms with Crippen molar-refractivity contribution < 1.29 is 18.0 Å². The lowest BCUT2D eigenvalue weighted by molar-refractivity contribution is -0.148. The van der Waals surface area contributed by atoms with Crippen LogP contribution < -0.4 is 5.32 Å². The third-order valence-electron chi connectivity index (χ3n) is 4.44. The van der Waals surface area contributed by atoms with Crippen LogP contribution in [0.5, 0.6) is 0 Å². The zero-order valence-corrected chi connectivity index (χ0v) is 14.2. The molecule has 0 saturated carbocycles. The van der Waals surface area contributed by atoms with Crippen molar-refractivity contribution in [2.45, 2.75) is 32.7 Å². The third kappa shape index (κ3) is 3.60. The van der Waals surface area contributed by atoms with Gasteiger partial charge in [0.1, 0.15) is 6.04 Å². The lowest BCUT2D eigenvalue weighted by Crippen LogP contribution is -2.60. The third-order valence-corrected chi connectivity index (χ3v) is 5.75. The highest BCUT2D eigenvalue weighted by Gasteiger charge is 2.39. The van der Waals surface area contributed by atoms with E-state index in [2.05, 4.69) is 5.32 Å². The van der Waals surface area contributed by atoms with Gasteiger partial charge in [-0.3, -0.25) is 9.59 Å². The van der Waals surface area contributed by atoms with E-state index in [9.17, 15) is 18.0 Å². The molecule has 0 bridgehead atoms. The Balaban J connectivity index is 2.04. The molecule has 0 aliphatic carbocycles. The van der Waals surface area contributed by atoms with Gasteiger partial charge < -0.3 is 10.2 Å². The van der Waals surface area contributed by atoms with Crippen LogP contribution in [0.1, 0.15) is 26.7 Å². The molecule has 2 heterocycles. The van der Waals surface area contributed by atoms with Crippen LogP contribution in [0.15, 0.2) is 0 Å². The number of amides is 2. The summed E-state index contributed by atoms with van der Waals surface area (Å²) in [4.78, 5) is 26.5. The van der Waals surface area contributed by atoms with Crippen LogP contribution in [0.3, 0.4) is 0 Å². The smallest absolute Gasteiger partial charge is 0.243 e. The number of nitrogens with one attached hydrogen (secondary N) is 1. The van der Waals surface area contributed by atoms with E-state index >= 15 is 0 Å². The van der Waals surface area contributed by atoms with Crippen molar-refractivity contribution in [3.05, 3.63) is 0 Å². The molecule has 22 heavy (non-hydrogen) atoms. The van der Waals surface area contributed by atoms with E-state index in [1.54, 1.807) is 4.90 Å². The number of rotatable bonds is 3. The quantitative estimate of drug-likeness (QED) is 0.765. The van der Waals surface area contributed by atoms with Crippen molar-refractivity contribution in [1.82, 2.24) is 14.5 Å². The summed E-state index contributed by atoms with van der Waals surface area (Å²) in [5.74, 6) is -0.240. The lowest BCUT2D eigenvalue weighted by atomic mass is 9.93. The number of carbonyl (C=O) groups is 2. The molecule has 2 fully saturated rings. The topological polar surface area (TPSA) is 86.8 Å². The predicted molar refractivity (Wildman–Crippen MR) is 82.5 cm³/mol. The average Bonchev–Trinajstić information content (AvgIpc) is 2.45. The second-order valence-electron chi connectivity index (χ2n) is 6.45. The minimum Gasteiger partial charge on any atom is -0.353 e. The molecule has 1 atom stereocenters. The first-order valence-corrected chi connectivity index (χ1v) is 9.60. The van der Waals surface area contributed by atoms with Crippen LogP contribution in [0.25, 0.3) is 0 Å². The summed E-state index contributed by atoms with van der Waals surface area (Å²) in [5.41, 5.74) is 0. The Kier molecular flexibility index (Phi) is 5.11. The first-order chi connectivity index (χ1) is 10.2. The maximum atomic E-state index is 12.7. The number of carbonyl (C=O) groups excluding carboxylic acids is 2. The molecule has 8 heteroatoms. The van der Waals surface area contributed by atoms with Gasteiger partial charge >= 0.3 is 0 Å². The molecule has 126 valence electrons. The molecular weight excluding hydrogens is 306 g/mol. The van der Waals surface area contributed by atoms with Crippen molar-refractivity contribution in [3.8, 4) is 0 Å². The second kappa shape index (κ2) is 6.54. The van der Waals surface area contributed by atoms with Crippen molar-refractivity contribution in [2.75, 3.05) is 32.4 Å². The Morgan fingerprint density at radius 1 is 1.23 bits per heavy atom. The van der Waals surface area contributed by atoms with E-state index in [0.717, 1.165) is 0 Å². The Bertz CT molecular complexity index is 538. The Hall–Kier alpha value is -1.15. The summed E-state index contributed by atoms with van der Waals surface area (Å²) in [6.07, 6.45) is 2.24. The highest BCUT2D eigenvalue weighted by Crippen LogP contribution is 2.24. The summed E-state index contributed by atoms with van der Waals surface area (Å²) < 4.78 is 24.5. The van der Waals surface area contributed by atoms with Gasteiger partial charge in [-0.15, -0.1) is 0 Å². The van der Waals surface area contributed by atoms with Crippen LogP contribution in [0.4, 0.5) is 0 Å². The van der Waals surface area contributed by atoms with Crippen LogP contribution >= 0.6 is 0 Å². The van der Waals surface area contributed by atoms with Gasteiger partial charge in [0.15, 0.2) is 0 Å². The van der Waals surface area contributed by atoms with E-state index < -0.39 is 16.1 Å². The minimum absolute atomic E-state index is 0.0123. The zero-order valence-electron chi connectivity index (χ0n) is 13.4. The molecule has 0 spiro atoms. The molecule has 0 radical (unpaired) electrons. The fraction of sp³-hybridized carbons (Fsp3) is 0.857. The van der Waals surface area contributed by atoms with Gasteiger partial charge in [-0.2, -0.15) is 0 Å². The minimum atomic E-state index is -3.19. The predicted octanol–water partition coefficient (Wildman–Crippen LogP) is -0.359. The standard InChI is InChI=1S/C14H25N3O4S/c1-10(2)12-13(18)15-6-9-17(12)14(19)11-4-7-16(8-5-11)22(3,20)21/h10-12H,4-9H2,1-3H3,(H,15,18). The number of sulfonamides is 1. The second-order valence-corrected chi connectivity index (χ2v) is 8.43. The molecule has 1 N–H and O–H groups in total. The largest absolute Gasteiger partial charge is 0.353 e. The summed E-state index contributed by atoms with van der Waals surface area (Å²) in [5, 5.41) is 2.81. The normalized spacial score (nSPS) is 25.4. The zero-order chi connectivity index (χ0) is 16.5. The van der Waals surface area contributed by atoms with Gasteiger partial charge in [0, 0.05) is 32.1 Å². The van der Waals surface area contributed by atoms with Crippen molar-refractivity contribution in [2.24, 2.45) is 11.8 Å². The molecule has 1 unspecified atom stereocenters. The van der Waals surface area contributed by atoms with Gasteiger partial charge in [-0.25, -0.2) is 12.7 Å². The molecule has 2 saturated heterocycles. The average molecular weight is 331 g/mol. The number of hydrogen-bond donors (Lipinski definition) is 1. The monoisotopic (exact) mass is 331 g/mol. The van der Waals surface area contributed by atoms with Crippen LogP contribution in [-0.4, -0.2) is 67.9 Å². The first-order valence-electron chi connectivity index (χ1n) is 7.75. The summed E-state index contributed by atoms with van der Waals surface area (Å²) in [7, 11) is -3.19. The van der Waals surface area contributed by atoms with Crippen molar-refractivity contribution >= 4 is 21.8 Å². The Morgan fingerprint density at radius 2 is 1.82 bits per heavy atom. The molecule has 2 aliphatic heterocycles. The van der Waals surface area contributed by atoms with Gasteiger partial charge in [0.2, 0.25) is 21.8 Å². The number of hydrogen-bond acceptors (Lipinski definition) is 4. The molecule has 7 nitrogen and oxygen atoms in total. The van der Waals surface area contributed by atoms with Crippen molar-refractivity contribution in [1.29, 1.82) is 0 Å². The van der Waals surface area contributed by atoms with Crippen LogP contribution in [0.2, 0.25) is 0 Å². The van der Waals surface area contributed by atoms with E-state index in [4.69, 9.17) is 0 Å². The fourth-order valence-electron chi connectivity index (χ4n) is 3.26. The van der Waals surface area contributed by atoms with E-state index in [1.165, 1.54) is 10.6 Å². The van der Waals surface area contributed by atoms with Crippen LogP contribution in [0, 0.1) is 11.8 Å². The fourth-order valence-corrected chi connectivity index (χ4v) is 4.14. The van der Waals surface area contributed by atoms with E-state index in [1.807, 2.05) is 13.8 Å². The van der Waals surface area contributed by atoms with E-state index in [0.29, 0.717) is 39.0 Å². The molecule has 0 aromatic rings. The Labute approximate surface area is 132 Å². The molecule has 2 aliphatic rings. The van der Waals surface area contributed by atoms with Crippen LogP contribution in [-0.2, 0) is 19.6 Å².